The van der Waals surface area contributed by atoms with Crippen molar-refractivity contribution in [2.45, 2.75) is 214 Å². The van der Waals surface area contributed by atoms with Gasteiger partial charge in [0, 0.05) is 151 Å². The summed E-state index contributed by atoms with van der Waals surface area (Å²) in [7, 11) is 5.28. The van der Waals surface area contributed by atoms with E-state index in [0.717, 1.165) is 35.6 Å². The number of benzene rings is 1. The van der Waals surface area contributed by atoms with Crippen LogP contribution in [-0.4, -0.2) is 227 Å². The number of nitrogens with one attached hydrogen (secondary N) is 5. The van der Waals surface area contributed by atoms with Crippen LogP contribution in [0.5, 0.6) is 5.75 Å². The number of carbonyl (C=O) groups is 17. The highest BCUT2D eigenvalue weighted by molar-refractivity contribution is 7.09. The van der Waals surface area contributed by atoms with Gasteiger partial charge in [0.2, 0.25) is 29.5 Å². The number of anilines is 1. The zero-order valence-electron chi connectivity index (χ0n) is 66.4. The molecule has 0 radical (unpaired) electrons. The molecule has 3 aliphatic heterocycles. The predicted molar refractivity (Wildman–Crippen MR) is 406 cm³/mol. The summed E-state index contributed by atoms with van der Waals surface area (Å²) >= 11 is 1.05. The summed E-state index contributed by atoms with van der Waals surface area (Å²) in [6.45, 7) is 19.4. The van der Waals surface area contributed by atoms with Gasteiger partial charge in [-0.25, -0.2) is 4.98 Å². The van der Waals surface area contributed by atoms with E-state index in [0.29, 0.717) is 21.8 Å². The molecule has 111 heavy (non-hydrogen) atoms. The lowest BCUT2D eigenvalue weighted by Crippen LogP contribution is -2.61. The number of aromatic nitrogens is 1. The Bertz CT molecular complexity index is 3790. The van der Waals surface area contributed by atoms with Gasteiger partial charge in [-0.05, 0) is 97.0 Å². The highest BCUT2D eigenvalue weighted by Gasteiger charge is 2.50. The molecule has 1 aromatic carbocycles. The third kappa shape index (κ3) is 26.9. The maximum atomic E-state index is 14.6. The van der Waals surface area contributed by atoms with E-state index in [1.807, 2.05) is 60.5 Å². The number of hydrogen-bond acceptors (Lipinski definition) is 25. The standard InChI is InChI=1S/C78H111N11O21S/c1-16-44(4)53(40-63(95)78(11,12)86(13)14)76(105)87(15)56(43(2)3)41-62(109-50(10)90)75-85-55(42-111-75)74(104)83-52(35-45(5)72(102)80-30-29-79)38-51-21-22-61-54(39-51)84-73(103)46(6)36-59(93)48(8)81-64(96)27-33-107-31-17-19-57(91)70(88-66(98)23-24-67(88)99)71(89-68(100)25-26-69(89)101)58(92)20-18-32-108-34-28-65(97)82-49(9)60(94)37-47(7)77(106)110-61/h21-26,39,42-49,52-53,56,62,70-71H,16-20,27-38,40-41,79H2,1-15H3,(H,80,102)(H,81,96)(H,82,97)(H,83,104)(H,84,103)/t44-,45?,46?,47?,48?,49?,52+,53-,56+,62+,70?,71?/m0/s1. The minimum Gasteiger partial charge on any atom is -0.455 e. The topological polar surface area (TPSA) is 439 Å². The lowest BCUT2D eigenvalue weighted by molar-refractivity contribution is -0.156. The lowest BCUT2D eigenvalue weighted by atomic mass is 9.81. The van der Waals surface area contributed by atoms with Crippen LogP contribution in [0, 0.1) is 35.5 Å². The molecule has 0 fully saturated rings. The SMILES string of the molecule is CC[C@H](C)[C@H](CC(=O)C(C)(C)N(C)C)C(=O)N(C)[C@H](C[C@@H](OC(C)=O)c1nc(C(=O)N[C@@H](Cc2ccc3c(c2)NC(=O)C(C)CC(=O)C(C)NC(=O)CCOCCCC(=O)C(N2C(=O)C=CC2=O)C(N2C(=O)C=CC2=O)C(=O)CCCOCCC(=O)NC(C)C(=O)CC(C)C(=O)O3)CC(C)C(=O)NCCN)cs1)C(C)C. The predicted octanol–water partition coefficient (Wildman–Crippen LogP) is 4.18. The molecule has 4 heterocycles. The number of fused-ring (bicyclic) bond motifs is 1. The lowest BCUT2D eigenvalue weighted by Gasteiger charge is -2.38. The normalized spacial score (nSPS) is 22.3. The fraction of sp³-hybridized carbons (Fsp3) is 0.615. The smallest absolute Gasteiger partial charge is 0.314 e. The first-order chi connectivity index (χ1) is 52.2. The highest BCUT2D eigenvalue weighted by Crippen LogP contribution is 2.35. The molecule has 33 heteroatoms. The first-order valence-corrected chi connectivity index (χ1v) is 38.6. The molecule has 0 bridgehead atoms. The van der Waals surface area contributed by atoms with Crippen LogP contribution in [0.4, 0.5) is 5.69 Å². The van der Waals surface area contributed by atoms with Crippen LogP contribution in [0.25, 0.3) is 0 Å². The number of imide groups is 2. The van der Waals surface area contributed by atoms with E-state index in [2.05, 4.69) is 31.6 Å². The molecule has 7 N–H and O–H groups in total. The van der Waals surface area contributed by atoms with Gasteiger partial charge in [-0.1, -0.05) is 61.0 Å². The molecular weight excluding hydrogens is 1460 g/mol. The minimum atomic E-state index is -1.94. The fourth-order valence-electron chi connectivity index (χ4n) is 12.7. The van der Waals surface area contributed by atoms with Gasteiger partial charge in [0.25, 0.3) is 29.5 Å². The van der Waals surface area contributed by atoms with E-state index >= 15 is 0 Å². The molecule has 32 nitrogen and oxygen atoms in total. The van der Waals surface area contributed by atoms with Crippen molar-refractivity contribution in [3.8, 4) is 5.75 Å². The monoisotopic (exact) mass is 1570 g/mol. The Morgan fingerprint density at radius 1 is 0.721 bits per heavy atom. The molecule has 0 saturated carbocycles. The number of hydrogen-bond donors (Lipinski definition) is 6. The summed E-state index contributed by atoms with van der Waals surface area (Å²) in [5.74, 6) is -15.9. The number of nitrogens with zero attached hydrogens (tertiary/aromatic N) is 5. The Kier molecular flexibility index (Phi) is 36.0. The summed E-state index contributed by atoms with van der Waals surface area (Å²) in [6, 6.07) is -3.18. The second kappa shape index (κ2) is 43.4. The zero-order valence-corrected chi connectivity index (χ0v) is 67.2. The summed E-state index contributed by atoms with van der Waals surface area (Å²) in [6.07, 6.45) is 0.729. The third-order valence-electron chi connectivity index (χ3n) is 20.3. The van der Waals surface area contributed by atoms with Gasteiger partial charge in [0.05, 0.1) is 42.4 Å². The molecule has 610 valence electrons. The Hall–Kier alpha value is -9.44. The van der Waals surface area contributed by atoms with E-state index in [1.54, 1.807) is 24.9 Å². The molecule has 3 aliphatic rings. The molecule has 0 spiro atoms. The van der Waals surface area contributed by atoms with Crippen molar-refractivity contribution in [1.29, 1.82) is 0 Å². The number of thiazole rings is 1. The van der Waals surface area contributed by atoms with Gasteiger partial charge in [-0.2, -0.15) is 0 Å². The number of Topliss-reactive ketones (excluding diaryl/α,β-unsaturated/α-hetero) is 5. The fourth-order valence-corrected chi connectivity index (χ4v) is 13.6. The summed E-state index contributed by atoms with van der Waals surface area (Å²) in [5, 5.41) is 15.4. The number of ether oxygens (including phenoxy) is 4. The molecule has 10 amide bonds. The number of nitrogens with two attached hydrogens (primary N) is 1. The van der Waals surface area contributed by atoms with E-state index in [1.165, 1.54) is 52.1 Å². The Balaban J connectivity index is 1.42. The number of ketones is 5. The van der Waals surface area contributed by atoms with Crippen LogP contribution in [0.2, 0.25) is 0 Å². The molecule has 1 aromatic heterocycles. The Labute approximate surface area is 651 Å². The molecule has 2 aromatic rings. The van der Waals surface area contributed by atoms with Crippen LogP contribution in [0.1, 0.15) is 187 Å². The first-order valence-electron chi connectivity index (χ1n) is 37.7. The van der Waals surface area contributed by atoms with Gasteiger partial charge in [0.1, 0.15) is 22.8 Å². The second-order valence-electron chi connectivity index (χ2n) is 29.8. The second-order valence-corrected chi connectivity index (χ2v) is 30.7. The van der Waals surface area contributed by atoms with E-state index in [4.69, 9.17) is 24.7 Å². The van der Waals surface area contributed by atoms with E-state index in [-0.39, 0.29) is 142 Å². The number of likely N-dealkylation sites (N-methyl/N-ethyl adjacent to an activating group) is 1. The maximum absolute atomic E-state index is 14.6. The zero-order chi connectivity index (χ0) is 82.9. The quantitative estimate of drug-likeness (QED) is 0.0487. The first kappa shape index (κ1) is 92.2. The minimum absolute atomic E-state index is 0.00969. The molecule has 5 rings (SSSR count). The average Bonchev–Trinajstić information content (AvgIpc) is 1.67. The molecule has 12 atom stereocenters. The van der Waals surface area contributed by atoms with Crippen LogP contribution in [0.3, 0.4) is 0 Å². The summed E-state index contributed by atoms with van der Waals surface area (Å²) in [4.78, 5) is 241. The van der Waals surface area contributed by atoms with Crippen LogP contribution >= 0.6 is 11.3 Å². The number of carbonyl (C=O) groups excluding carboxylic acids is 17. The van der Waals surface area contributed by atoms with Crippen LogP contribution in [0.15, 0.2) is 47.9 Å². The number of rotatable bonds is 24. The van der Waals surface area contributed by atoms with E-state index in [9.17, 15) is 81.5 Å². The average molecular weight is 1570 g/mol. The van der Waals surface area contributed by atoms with Crippen molar-refractivity contribution in [1.82, 2.24) is 45.9 Å². The number of esters is 2. The molecule has 7 unspecified atom stereocenters. The summed E-state index contributed by atoms with van der Waals surface area (Å²) in [5.41, 5.74) is 5.14. The van der Waals surface area contributed by atoms with Gasteiger partial charge in [0.15, 0.2) is 40.8 Å². The Morgan fingerprint density at radius 2 is 1.24 bits per heavy atom. The molecular formula is C78H111N11O21S. The van der Waals surface area contributed by atoms with Gasteiger partial charge < -0.3 is 56.2 Å². The van der Waals surface area contributed by atoms with Crippen molar-refractivity contribution in [3.63, 3.8) is 0 Å². The largest absolute Gasteiger partial charge is 0.455 e. The van der Waals surface area contributed by atoms with E-state index < -0.39 is 180 Å². The van der Waals surface area contributed by atoms with Crippen molar-refractivity contribution < 1.29 is 100 Å². The van der Waals surface area contributed by atoms with Crippen molar-refractivity contribution in [2.24, 2.45) is 41.2 Å². The third-order valence-corrected chi connectivity index (χ3v) is 21.2. The molecule has 0 aliphatic carbocycles. The van der Waals surface area contributed by atoms with Crippen LogP contribution < -0.4 is 37.1 Å². The number of amides is 10. The van der Waals surface area contributed by atoms with Crippen LogP contribution in [-0.2, 0) is 97.3 Å². The van der Waals surface area contributed by atoms with Crippen molar-refractivity contribution >= 4 is 117 Å². The summed E-state index contributed by atoms with van der Waals surface area (Å²) < 4.78 is 23.0. The Morgan fingerprint density at radius 3 is 1.73 bits per heavy atom. The highest BCUT2D eigenvalue weighted by atomic mass is 32.1. The maximum Gasteiger partial charge on any atom is 0.314 e. The van der Waals surface area contributed by atoms with Gasteiger partial charge in [-0.15, -0.1) is 11.3 Å². The van der Waals surface area contributed by atoms with Crippen molar-refractivity contribution in [3.05, 3.63) is 64.1 Å². The van der Waals surface area contributed by atoms with Crippen molar-refractivity contribution in [2.75, 3.05) is 66.0 Å². The van der Waals surface area contributed by atoms with Gasteiger partial charge in [-0.3, -0.25) is 96.2 Å². The molecule has 0 saturated heterocycles. The van der Waals surface area contributed by atoms with Gasteiger partial charge >= 0.3 is 11.9 Å².